The minimum atomic E-state index is 0.173. The van der Waals surface area contributed by atoms with Crippen LogP contribution in [0.5, 0.6) is 0 Å². The van der Waals surface area contributed by atoms with Gasteiger partial charge in [0.2, 0.25) is 6.41 Å². The summed E-state index contributed by atoms with van der Waals surface area (Å²) in [5.41, 5.74) is 0.836. The molecule has 3 nitrogen and oxygen atoms in total. The van der Waals surface area contributed by atoms with Crippen molar-refractivity contribution in [1.82, 2.24) is 4.98 Å². The number of amides is 1. The van der Waals surface area contributed by atoms with Crippen LogP contribution in [0.4, 0.5) is 5.69 Å². The second kappa shape index (κ2) is 3.85. The number of carbonyl (C=O) groups is 1. The number of rotatable bonds is 3. The maximum atomic E-state index is 10.6. The average molecular weight is 164 g/mol. The van der Waals surface area contributed by atoms with E-state index < -0.39 is 0 Å². The number of hydrogen-bond donors (Lipinski definition) is 0. The summed E-state index contributed by atoms with van der Waals surface area (Å²) in [7, 11) is 0. The monoisotopic (exact) mass is 164 g/mol. The van der Waals surface area contributed by atoms with Gasteiger partial charge in [0.05, 0.1) is 11.9 Å². The Bertz CT molecular complexity index is 246. The molecule has 0 atom stereocenters. The number of pyridine rings is 1. The second-order valence-corrected chi connectivity index (χ2v) is 2.82. The number of hydrogen-bond acceptors (Lipinski definition) is 2. The number of carbonyl (C=O) groups excluding carboxylic acids is 1. The zero-order chi connectivity index (χ0) is 8.97. The number of anilines is 1. The van der Waals surface area contributed by atoms with Gasteiger partial charge in [-0.1, -0.05) is 0 Å². The zero-order valence-electron chi connectivity index (χ0n) is 7.27. The van der Waals surface area contributed by atoms with E-state index in [4.69, 9.17) is 0 Å². The lowest BCUT2D eigenvalue weighted by Crippen LogP contribution is -2.28. The van der Waals surface area contributed by atoms with E-state index in [1.165, 1.54) is 0 Å². The molecular formula is C9H12N2O. The van der Waals surface area contributed by atoms with Crippen molar-refractivity contribution < 1.29 is 4.79 Å². The standard InChI is InChI=1S/C9H12N2O/c1-8(2)11(7-12)9-4-3-5-10-6-9/h3-8H,1-2H3. The molecule has 3 heteroatoms. The largest absolute Gasteiger partial charge is 0.311 e. The average Bonchev–Trinajstić information content (AvgIpc) is 2.07. The van der Waals surface area contributed by atoms with Crippen LogP contribution >= 0.6 is 0 Å². The summed E-state index contributed by atoms with van der Waals surface area (Å²) in [4.78, 5) is 16.2. The Morgan fingerprint density at radius 1 is 1.58 bits per heavy atom. The third-order valence-corrected chi connectivity index (χ3v) is 1.61. The Morgan fingerprint density at radius 3 is 2.75 bits per heavy atom. The van der Waals surface area contributed by atoms with Crippen LogP contribution in [0, 0.1) is 0 Å². The number of nitrogens with zero attached hydrogens (tertiary/aromatic N) is 2. The Hall–Kier alpha value is -1.38. The highest BCUT2D eigenvalue weighted by Crippen LogP contribution is 2.11. The van der Waals surface area contributed by atoms with Gasteiger partial charge in [-0.15, -0.1) is 0 Å². The first-order valence-electron chi connectivity index (χ1n) is 3.89. The smallest absolute Gasteiger partial charge is 0.214 e. The van der Waals surface area contributed by atoms with Gasteiger partial charge >= 0.3 is 0 Å². The van der Waals surface area contributed by atoms with Gasteiger partial charge in [-0.3, -0.25) is 9.78 Å². The van der Waals surface area contributed by atoms with Crippen LogP contribution in [0.25, 0.3) is 0 Å². The first-order chi connectivity index (χ1) is 5.75. The molecule has 64 valence electrons. The molecule has 0 saturated heterocycles. The van der Waals surface area contributed by atoms with Crippen molar-refractivity contribution in [2.45, 2.75) is 19.9 Å². The molecule has 1 aromatic rings. The van der Waals surface area contributed by atoms with E-state index in [1.54, 1.807) is 17.3 Å². The quantitative estimate of drug-likeness (QED) is 0.633. The molecular weight excluding hydrogens is 152 g/mol. The van der Waals surface area contributed by atoms with Crippen LogP contribution in [0.15, 0.2) is 24.5 Å². The topological polar surface area (TPSA) is 33.2 Å². The first-order valence-corrected chi connectivity index (χ1v) is 3.89. The van der Waals surface area contributed by atoms with Crippen molar-refractivity contribution in [3.05, 3.63) is 24.5 Å². The predicted molar refractivity (Wildman–Crippen MR) is 47.9 cm³/mol. The van der Waals surface area contributed by atoms with Crippen LogP contribution in [0.1, 0.15) is 13.8 Å². The molecule has 1 aromatic heterocycles. The zero-order valence-corrected chi connectivity index (χ0v) is 7.27. The molecule has 0 aliphatic rings. The molecule has 0 unspecified atom stereocenters. The van der Waals surface area contributed by atoms with E-state index >= 15 is 0 Å². The number of aromatic nitrogens is 1. The highest BCUT2D eigenvalue weighted by Gasteiger charge is 2.07. The second-order valence-electron chi connectivity index (χ2n) is 2.82. The van der Waals surface area contributed by atoms with Crippen LogP contribution in [-0.2, 0) is 4.79 Å². The van der Waals surface area contributed by atoms with Gasteiger partial charge in [0.1, 0.15) is 0 Å². The molecule has 0 N–H and O–H groups in total. The summed E-state index contributed by atoms with van der Waals surface area (Å²) < 4.78 is 0. The highest BCUT2D eigenvalue weighted by molar-refractivity contribution is 5.75. The van der Waals surface area contributed by atoms with Gasteiger partial charge in [-0.25, -0.2) is 0 Å². The first kappa shape index (κ1) is 8.71. The Morgan fingerprint density at radius 2 is 2.33 bits per heavy atom. The third kappa shape index (κ3) is 1.81. The lowest BCUT2D eigenvalue weighted by atomic mass is 10.3. The molecule has 0 radical (unpaired) electrons. The minimum Gasteiger partial charge on any atom is -0.311 e. The molecule has 0 aliphatic heterocycles. The normalized spacial score (nSPS) is 9.92. The van der Waals surface area contributed by atoms with Crippen molar-refractivity contribution in [2.75, 3.05) is 4.90 Å². The van der Waals surface area contributed by atoms with Gasteiger partial charge in [0.25, 0.3) is 0 Å². The van der Waals surface area contributed by atoms with Crippen molar-refractivity contribution in [2.24, 2.45) is 0 Å². The summed E-state index contributed by atoms with van der Waals surface area (Å²) in [5, 5.41) is 0. The lowest BCUT2D eigenvalue weighted by molar-refractivity contribution is -0.107. The van der Waals surface area contributed by atoms with Crippen LogP contribution < -0.4 is 4.90 Å². The van der Waals surface area contributed by atoms with Crippen molar-refractivity contribution in [1.29, 1.82) is 0 Å². The Balaban J connectivity index is 2.88. The van der Waals surface area contributed by atoms with E-state index in [1.807, 2.05) is 26.0 Å². The molecule has 0 aromatic carbocycles. The molecule has 0 fully saturated rings. The SMILES string of the molecule is CC(C)N(C=O)c1cccnc1. The van der Waals surface area contributed by atoms with Crippen molar-refractivity contribution in [3.8, 4) is 0 Å². The third-order valence-electron chi connectivity index (χ3n) is 1.61. The summed E-state index contributed by atoms with van der Waals surface area (Å²) in [6.07, 6.45) is 4.18. The fourth-order valence-electron chi connectivity index (χ4n) is 0.987. The van der Waals surface area contributed by atoms with Gasteiger partial charge in [0, 0.05) is 12.2 Å². The van der Waals surface area contributed by atoms with Gasteiger partial charge in [-0.05, 0) is 26.0 Å². The minimum absolute atomic E-state index is 0.173. The summed E-state index contributed by atoms with van der Waals surface area (Å²) in [6, 6.07) is 3.85. The maximum absolute atomic E-state index is 10.6. The summed E-state index contributed by atoms with van der Waals surface area (Å²) in [6.45, 7) is 3.92. The maximum Gasteiger partial charge on any atom is 0.214 e. The van der Waals surface area contributed by atoms with E-state index in [-0.39, 0.29) is 6.04 Å². The van der Waals surface area contributed by atoms with Crippen LogP contribution in [0.2, 0.25) is 0 Å². The summed E-state index contributed by atoms with van der Waals surface area (Å²) in [5.74, 6) is 0. The van der Waals surface area contributed by atoms with Gasteiger partial charge in [0.15, 0.2) is 0 Å². The molecule has 1 heterocycles. The Kier molecular flexibility index (Phi) is 2.80. The van der Waals surface area contributed by atoms with Crippen LogP contribution in [-0.4, -0.2) is 17.4 Å². The van der Waals surface area contributed by atoms with E-state index in [2.05, 4.69) is 4.98 Å². The highest BCUT2D eigenvalue weighted by atomic mass is 16.1. The van der Waals surface area contributed by atoms with E-state index in [9.17, 15) is 4.79 Å². The summed E-state index contributed by atoms with van der Waals surface area (Å²) >= 11 is 0. The molecule has 0 spiro atoms. The van der Waals surface area contributed by atoms with Crippen molar-refractivity contribution in [3.63, 3.8) is 0 Å². The van der Waals surface area contributed by atoms with E-state index in [0.717, 1.165) is 12.1 Å². The van der Waals surface area contributed by atoms with Gasteiger partial charge in [-0.2, -0.15) is 0 Å². The molecule has 0 aliphatic carbocycles. The van der Waals surface area contributed by atoms with E-state index in [0.29, 0.717) is 0 Å². The molecule has 0 bridgehead atoms. The van der Waals surface area contributed by atoms with Crippen molar-refractivity contribution >= 4 is 12.1 Å². The molecule has 12 heavy (non-hydrogen) atoms. The molecule has 0 saturated carbocycles. The van der Waals surface area contributed by atoms with Gasteiger partial charge < -0.3 is 4.90 Å². The predicted octanol–water partition coefficient (Wildman–Crippen LogP) is 1.45. The molecule has 1 amide bonds. The fourth-order valence-corrected chi connectivity index (χ4v) is 0.987. The molecule has 1 rings (SSSR count). The van der Waals surface area contributed by atoms with Crippen LogP contribution in [0.3, 0.4) is 0 Å². The fraction of sp³-hybridized carbons (Fsp3) is 0.333. The lowest BCUT2D eigenvalue weighted by Gasteiger charge is -2.20. The Labute approximate surface area is 72.0 Å².